The lowest BCUT2D eigenvalue weighted by Crippen LogP contribution is -2.21. The first-order chi connectivity index (χ1) is 13.8. The van der Waals surface area contributed by atoms with Crippen LogP contribution in [0.3, 0.4) is 0 Å². The average Bonchev–Trinajstić information content (AvgIpc) is 2.58. The Kier molecular flexibility index (Phi) is 6.59. The van der Waals surface area contributed by atoms with Crippen LogP contribution in [-0.4, -0.2) is 5.97 Å². The summed E-state index contributed by atoms with van der Waals surface area (Å²) in [4.78, 5) is 13.3. The molecule has 0 aromatic heterocycles. The van der Waals surface area contributed by atoms with Gasteiger partial charge in [-0.1, -0.05) is 101 Å². The molecule has 0 spiro atoms. The van der Waals surface area contributed by atoms with E-state index in [9.17, 15) is 4.79 Å². The van der Waals surface area contributed by atoms with Crippen LogP contribution in [0.15, 0.2) is 36.4 Å². The normalized spacial score (nSPS) is 13.3. The number of hydrogen-bond acceptors (Lipinski definition) is 2. The quantitative estimate of drug-likeness (QED) is 0.361. The summed E-state index contributed by atoms with van der Waals surface area (Å²) in [6.07, 6.45) is 0. The zero-order valence-corrected chi connectivity index (χ0v) is 21.8. The molecular formula is C29H42O2. The van der Waals surface area contributed by atoms with E-state index in [2.05, 4.69) is 101 Å². The largest absolute Gasteiger partial charge is 0.423 e. The molecule has 0 aliphatic carbocycles. The first kappa shape index (κ1) is 25.2. The van der Waals surface area contributed by atoms with Gasteiger partial charge in [-0.05, 0) is 56.5 Å². The molecule has 170 valence electrons. The van der Waals surface area contributed by atoms with E-state index in [1.165, 1.54) is 5.56 Å². The van der Waals surface area contributed by atoms with Gasteiger partial charge in [-0.25, -0.2) is 4.79 Å². The van der Waals surface area contributed by atoms with Gasteiger partial charge in [0.2, 0.25) is 0 Å². The second-order valence-corrected chi connectivity index (χ2v) is 12.9. The van der Waals surface area contributed by atoms with Crippen molar-refractivity contribution in [3.63, 3.8) is 0 Å². The second-order valence-electron chi connectivity index (χ2n) is 12.9. The molecule has 2 rings (SSSR count). The van der Waals surface area contributed by atoms with Crippen LogP contribution < -0.4 is 4.74 Å². The van der Waals surface area contributed by atoms with Crippen molar-refractivity contribution in [1.82, 2.24) is 0 Å². The molecule has 2 heteroatoms. The van der Waals surface area contributed by atoms with Crippen molar-refractivity contribution in [2.45, 2.75) is 105 Å². The summed E-state index contributed by atoms with van der Waals surface area (Å²) in [5, 5.41) is 0. The Bertz CT molecular complexity index is 920. The maximum absolute atomic E-state index is 13.3. The summed E-state index contributed by atoms with van der Waals surface area (Å²) < 4.78 is 6.02. The minimum atomic E-state index is -0.300. The zero-order chi connectivity index (χ0) is 24.0. The average molecular weight is 423 g/mol. The van der Waals surface area contributed by atoms with Gasteiger partial charge >= 0.3 is 5.97 Å². The predicted octanol–water partition coefficient (Wildman–Crippen LogP) is 8.10. The molecule has 0 amide bonds. The molecule has 2 aromatic carbocycles. The molecular weight excluding hydrogens is 380 g/mol. The minimum absolute atomic E-state index is 0.0329. The van der Waals surface area contributed by atoms with Gasteiger partial charge in [0, 0.05) is 5.56 Å². The Hall–Kier alpha value is -2.09. The number of esters is 1. The first-order valence-electron chi connectivity index (χ1n) is 11.3. The van der Waals surface area contributed by atoms with Crippen molar-refractivity contribution >= 4 is 5.97 Å². The molecule has 0 aliphatic heterocycles. The molecule has 2 nitrogen and oxygen atoms in total. The number of carbonyl (C=O) groups excluding carboxylic acids is 1. The number of ether oxygens (including phenoxy) is 1. The summed E-state index contributed by atoms with van der Waals surface area (Å²) in [6.45, 7) is 26.1. The van der Waals surface area contributed by atoms with Gasteiger partial charge in [0.05, 0.1) is 5.56 Å². The Morgan fingerprint density at radius 1 is 0.581 bits per heavy atom. The fourth-order valence-corrected chi connectivity index (χ4v) is 3.44. The van der Waals surface area contributed by atoms with E-state index in [0.717, 1.165) is 16.7 Å². The predicted molar refractivity (Wildman–Crippen MR) is 133 cm³/mol. The third kappa shape index (κ3) is 6.21. The fraction of sp³-hybridized carbons (Fsp3) is 0.552. The van der Waals surface area contributed by atoms with Crippen molar-refractivity contribution in [3.05, 3.63) is 64.2 Å². The summed E-state index contributed by atoms with van der Waals surface area (Å²) in [6, 6.07) is 12.4. The van der Waals surface area contributed by atoms with E-state index in [1.54, 1.807) is 0 Å². The number of rotatable bonds is 2. The van der Waals surface area contributed by atoms with Crippen LogP contribution in [0.25, 0.3) is 0 Å². The van der Waals surface area contributed by atoms with E-state index in [0.29, 0.717) is 11.3 Å². The molecule has 0 saturated heterocycles. The van der Waals surface area contributed by atoms with Gasteiger partial charge in [-0.3, -0.25) is 0 Å². The fourth-order valence-electron chi connectivity index (χ4n) is 3.44. The molecule has 31 heavy (non-hydrogen) atoms. The van der Waals surface area contributed by atoms with E-state index < -0.39 is 0 Å². The van der Waals surface area contributed by atoms with Crippen LogP contribution in [0.4, 0.5) is 0 Å². The highest BCUT2D eigenvalue weighted by molar-refractivity contribution is 5.92. The Morgan fingerprint density at radius 3 is 1.42 bits per heavy atom. The van der Waals surface area contributed by atoms with Crippen molar-refractivity contribution in [2.75, 3.05) is 0 Å². The van der Waals surface area contributed by atoms with Crippen molar-refractivity contribution < 1.29 is 9.53 Å². The first-order valence-corrected chi connectivity index (χ1v) is 11.3. The van der Waals surface area contributed by atoms with Gasteiger partial charge in [0.1, 0.15) is 5.75 Å². The number of hydrogen-bond donors (Lipinski definition) is 0. The van der Waals surface area contributed by atoms with Crippen LogP contribution >= 0.6 is 0 Å². The van der Waals surface area contributed by atoms with Crippen molar-refractivity contribution in [3.8, 4) is 5.75 Å². The van der Waals surface area contributed by atoms with Crippen LogP contribution in [-0.2, 0) is 21.7 Å². The smallest absolute Gasteiger partial charge is 0.343 e. The number of carbonyl (C=O) groups is 1. The molecule has 0 N–H and O–H groups in total. The van der Waals surface area contributed by atoms with Gasteiger partial charge in [-0.15, -0.1) is 0 Å². The van der Waals surface area contributed by atoms with E-state index in [4.69, 9.17) is 4.74 Å². The molecule has 0 atom stereocenters. The molecule has 0 fully saturated rings. The monoisotopic (exact) mass is 422 g/mol. The van der Waals surface area contributed by atoms with E-state index in [1.807, 2.05) is 18.2 Å². The highest BCUT2D eigenvalue weighted by Crippen LogP contribution is 2.36. The third-order valence-electron chi connectivity index (χ3n) is 5.76. The number of benzene rings is 2. The Morgan fingerprint density at radius 2 is 1.03 bits per heavy atom. The molecule has 0 radical (unpaired) electrons. The summed E-state index contributed by atoms with van der Waals surface area (Å²) >= 11 is 0. The molecule has 0 aliphatic rings. The topological polar surface area (TPSA) is 26.3 Å². The van der Waals surface area contributed by atoms with Gasteiger partial charge in [-0.2, -0.15) is 0 Å². The van der Waals surface area contributed by atoms with Crippen LogP contribution in [0, 0.1) is 0 Å². The van der Waals surface area contributed by atoms with Crippen LogP contribution in [0.1, 0.15) is 116 Å². The summed E-state index contributed by atoms with van der Waals surface area (Å²) in [7, 11) is 0. The second kappa shape index (κ2) is 8.11. The third-order valence-corrected chi connectivity index (χ3v) is 5.76. The van der Waals surface area contributed by atoms with Gasteiger partial charge in [0.25, 0.3) is 0 Å². The lowest BCUT2D eigenvalue weighted by molar-refractivity contribution is 0.0731. The molecule has 0 heterocycles. The zero-order valence-electron chi connectivity index (χ0n) is 21.8. The van der Waals surface area contributed by atoms with Crippen molar-refractivity contribution in [1.29, 1.82) is 0 Å². The van der Waals surface area contributed by atoms with Gasteiger partial charge in [0.15, 0.2) is 0 Å². The highest BCUT2D eigenvalue weighted by Gasteiger charge is 2.26. The summed E-state index contributed by atoms with van der Waals surface area (Å²) in [5.74, 6) is 0.342. The SMILES string of the molecule is CC(C)(C)c1cc(C(=O)Oc2ccc(C(C)(C)C)cc2C(C)(C)C)cc(C(C)(C)C)c1. The maximum Gasteiger partial charge on any atom is 0.343 e. The van der Waals surface area contributed by atoms with Gasteiger partial charge < -0.3 is 4.74 Å². The van der Waals surface area contributed by atoms with E-state index >= 15 is 0 Å². The van der Waals surface area contributed by atoms with Crippen molar-refractivity contribution in [2.24, 2.45) is 0 Å². The molecule has 0 saturated carbocycles. The van der Waals surface area contributed by atoms with E-state index in [-0.39, 0.29) is 27.6 Å². The lowest BCUT2D eigenvalue weighted by Gasteiger charge is -2.27. The summed E-state index contributed by atoms with van der Waals surface area (Å²) in [5.41, 5.74) is 4.97. The highest BCUT2D eigenvalue weighted by atomic mass is 16.5. The maximum atomic E-state index is 13.3. The van der Waals surface area contributed by atoms with Crippen LogP contribution in [0.2, 0.25) is 0 Å². The molecule has 0 bridgehead atoms. The Balaban J connectivity index is 2.55. The van der Waals surface area contributed by atoms with Crippen LogP contribution in [0.5, 0.6) is 5.75 Å². The molecule has 0 unspecified atom stereocenters. The Labute approximate surface area is 190 Å². The standard InChI is InChI=1S/C29H42O2/c1-26(2,3)20-13-14-24(23(18-20)29(10,11)12)31-25(30)19-15-21(27(4,5)6)17-22(16-19)28(7,8)9/h13-18H,1-12H3. The molecule has 2 aromatic rings. The minimum Gasteiger partial charge on any atom is -0.423 e. The lowest BCUT2D eigenvalue weighted by atomic mass is 9.79.